The summed E-state index contributed by atoms with van der Waals surface area (Å²) in [6.45, 7) is 6.48. The standard InChI is InChI=1S/C16H23NO3/c1-14(13-17-9-11-19-12-10-17)20-16(18)8-7-15-5-3-2-4-6-15/h2-6,14H,7-13H2,1H3/p+1/t14-/m1/s1. The van der Waals surface area contributed by atoms with Crippen molar-refractivity contribution in [1.82, 2.24) is 0 Å². The molecular weight excluding hydrogens is 254 g/mol. The Bertz CT molecular complexity index is 401. The number of morpholine rings is 1. The van der Waals surface area contributed by atoms with Crippen molar-refractivity contribution in [2.24, 2.45) is 0 Å². The lowest BCUT2D eigenvalue weighted by Crippen LogP contribution is -3.15. The number of carbonyl (C=O) groups excluding carboxylic acids is 1. The van der Waals surface area contributed by atoms with Gasteiger partial charge in [0.15, 0.2) is 0 Å². The molecule has 4 heteroatoms. The summed E-state index contributed by atoms with van der Waals surface area (Å²) in [5.41, 5.74) is 1.18. The van der Waals surface area contributed by atoms with Crippen LogP contribution in [0.25, 0.3) is 0 Å². The Morgan fingerprint density at radius 2 is 2.00 bits per heavy atom. The highest BCUT2D eigenvalue weighted by Gasteiger charge is 2.19. The molecular formula is C16H24NO3+. The third kappa shape index (κ3) is 5.31. The number of hydrogen-bond donors (Lipinski definition) is 1. The molecule has 1 saturated heterocycles. The van der Waals surface area contributed by atoms with E-state index in [0.717, 1.165) is 39.3 Å². The summed E-state index contributed by atoms with van der Waals surface area (Å²) in [6, 6.07) is 10.0. The summed E-state index contributed by atoms with van der Waals surface area (Å²) >= 11 is 0. The molecule has 1 aliphatic heterocycles. The molecule has 0 amide bonds. The van der Waals surface area contributed by atoms with Crippen molar-refractivity contribution >= 4 is 5.97 Å². The van der Waals surface area contributed by atoms with Gasteiger partial charge in [0.25, 0.3) is 0 Å². The summed E-state index contributed by atoms with van der Waals surface area (Å²) in [7, 11) is 0. The quantitative estimate of drug-likeness (QED) is 0.769. The molecule has 2 rings (SSSR count). The van der Waals surface area contributed by atoms with E-state index >= 15 is 0 Å². The van der Waals surface area contributed by atoms with E-state index in [1.807, 2.05) is 37.3 Å². The first-order valence-electron chi connectivity index (χ1n) is 7.39. The normalized spacial score (nSPS) is 17.6. The van der Waals surface area contributed by atoms with Crippen LogP contribution in [0.3, 0.4) is 0 Å². The van der Waals surface area contributed by atoms with E-state index in [-0.39, 0.29) is 12.1 Å². The number of nitrogens with one attached hydrogen (secondary N) is 1. The van der Waals surface area contributed by atoms with Crippen molar-refractivity contribution < 1.29 is 19.2 Å². The lowest BCUT2D eigenvalue weighted by molar-refractivity contribution is -0.910. The van der Waals surface area contributed by atoms with Gasteiger partial charge in [-0.3, -0.25) is 4.79 Å². The van der Waals surface area contributed by atoms with Crippen LogP contribution in [0.1, 0.15) is 18.9 Å². The molecule has 1 N–H and O–H groups in total. The van der Waals surface area contributed by atoms with E-state index in [1.165, 1.54) is 10.5 Å². The molecule has 0 aromatic heterocycles. The van der Waals surface area contributed by atoms with Crippen LogP contribution in [0, 0.1) is 0 Å². The lowest BCUT2D eigenvalue weighted by Gasteiger charge is -2.26. The van der Waals surface area contributed by atoms with Crippen LogP contribution in [0.4, 0.5) is 0 Å². The summed E-state index contributed by atoms with van der Waals surface area (Å²) in [6.07, 6.45) is 1.18. The number of hydrogen-bond acceptors (Lipinski definition) is 3. The number of quaternary nitrogens is 1. The number of carbonyl (C=O) groups is 1. The van der Waals surface area contributed by atoms with Gasteiger partial charge in [-0.05, 0) is 18.9 Å². The van der Waals surface area contributed by atoms with E-state index in [1.54, 1.807) is 0 Å². The third-order valence-corrected chi connectivity index (χ3v) is 3.57. The fourth-order valence-electron chi connectivity index (χ4n) is 2.49. The first kappa shape index (κ1) is 15.0. The lowest BCUT2D eigenvalue weighted by atomic mass is 10.1. The van der Waals surface area contributed by atoms with Crippen molar-refractivity contribution in [3.05, 3.63) is 35.9 Å². The third-order valence-electron chi connectivity index (χ3n) is 3.57. The number of esters is 1. The molecule has 0 bridgehead atoms. The van der Waals surface area contributed by atoms with Crippen molar-refractivity contribution in [3.63, 3.8) is 0 Å². The molecule has 0 unspecified atom stereocenters. The zero-order valence-electron chi connectivity index (χ0n) is 12.1. The molecule has 110 valence electrons. The van der Waals surface area contributed by atoms with Gasteiger partial charge in [0.05, 0.1) is 13.2 Å². The second kappa shape index (κ2) is 8.02. The minimum atomic E-state index is -0.103. The topological polar surface area (TPSA) is 40.0 Å². The number of aryl methyl sites for hydroxylation is 1. The maximum atomic E-state index is 11.8. The Morgan fingerprint density at radius 3 is 2.70 bits per heavy atom. The summed E-state index contributed by atoms with van der Waals surface area (Å²) in [4.78, 5) is 13.3. The Kier molecular flexibility index (Phi) is 6.02. The molecule has 0 radical (unpaired) electrons. The number of ether oxygens (including phenoxy) is 2. The van der Waals surface area contributed by atoms with Crippen LogP contribution in [0.15, 0.2) is 30.3 Å². The Labute approximate surface area is 120 Å². The molecule has 1 aromatic rings. The SMILES string of the molecule is C[C@H](C[NH+]1CCOCC1)OC(=O)CCc1ccccc1. The van der Waals surface area contributed by atoms with Gasteiger partial charge in [-0.25, -0.2) is 0 Å². The molecule has 0 spiro atoms. The van der Waals surface area contributed by atoms with Gasteiger partial charge < -0.3 is 14.4 Å². The van der Waals surface area contributed by atoms with Gasteiger partial charge in [0.2, 0.25) is 0 Å². The highest BCUT2D eigenvalue weighted by Crippen LogP contribution is 2.04. The molecule has 1 aromatic carbocycles. The second-order valence-corrected chi connectivity index (χ2v) is 5.35. The van der Waals surface area contributed by atoms with E-state index in [2.05, 4.69) is 0 Å². The average Bonchev–Trinajstić information content (AvgIpc) is 2.47. The highest BCUT2D eigenvalue weighted by molar-refractivity contribution is 5.69. The molecule has 1 aliphatic rings. The smallest absolute Gasteiger partial charge is 0.306 e. The largest absolute Gasteiger partial charge is 0.457 e. The fourth-order valence-corrected chi connectivity index (χ4v) is 2.49. The second-order valence-electron chi connectivity index (χ2n) is 5.35. The molecule has 0 aliphatic carbocycles. The van der Waals surface area contributed by atoms with E-state index in [4.69, 9.17) is 9.47 Å². The van der Waals surface area contributed by atoms with Gasteiger partial charge in [-0.1, -0.05) is 30.3 Å². The van der Waals surface area contributed by atoms with E-state index in [0.29, 0.717) is 6.42 Å². The molecule has 20 heavy (non-hydrogen) atoms. The Balaban J connectivity index is 1.65. The van der Waals surface area contributed by atoms with Crippen molar-refractivity contribution in [2.75, 3.05) is 32.8 Å². The van der Waals surface area contributed by atoms with Gasteiger partial charge in [-0.15, -0.1) is 0 Å². The van der Waals surface area contributed by atoms with Gasteiger partial charge >= 0.3 is 5.97 Å². The van der Waals surface area contributed by atoms with Gasteiger partial charge in [0, 0.05) is 6.42 Å². The predicted octanol–water partition coefficient (Wildman–Crippen LogP) is 0.466. The zero-order chi connectivity index (χ0) is 14.2. The van der Waals surface area contributed by atoms with Crippen LogP contribution in [0.2, 0.25) is 0 Å². The highest BCUT2D eigenvalue weighted by atomic mass is 16.5. The minimum absolute atomic E-state index is 0.0219. The van der Waals surface area contributed by atoms with Crippen LogP contribution >= 0.6 is 0 Å². The maximum Gasteiger partial charge on any atom is 0.306 e. The first-order valence-corrected chi connectivity index (χ1v) is 7.39. The summed E-state index contributed by atoms with van der Waals surface area (Å²) < 4.78 is 10.8. The van der Waals surface area contributed by atoms with E-state index in [9.17, 15) is 4.79 Å². The predicted molar refractivity (Wildman–Crippen MR) is 76.7 cm³/mol. The minimum Gasteiger partial charge on any atom is -0.457 e. The van der Waals surface area contributed by atoms with Crippen LogP contribution < -0.4 is 4.90 Å². The fraction of sp³-hybridized carbons (Fsp3) is 0.562. The van der Waals surface area contributed by atoms with Crippen LogP contribution in [-0.2, 0) is 20.7 Å². The number of rotatable bonds is 6. The van der Waals surface area contributed by atoms with Crippen LogP contribution in [-0.4, -0.2) is 44.9 Å². The molecule has 0 saturated carbocycles. The van der Waals surface area contributed by atoms with Crippen LogP contribution in [0.5, 0.6) is 0 Å². The van der Waals surface area contributed by atoms with Gasteiger partial charge in [-0.2, -0.15) is 0 Å². The van der Waals surface area contributed by atoms with Gasteiger partial charge in [0.1, 0.15) is 25.7 Å². The van der Waals surface area contributed by atoms with Crippen molar-refractivity contribution in [2.45, 2.75) is 25.9 Å². The van der Waals surface area contributed by atoms with Crippen molar-refractivity contribution in [1.29, 1.82) is 0 Å². The molecule has 1 heterocycles. The first-order chi connectivity index (χ1) is 9.74. The summed E-state index contributed by atoms with van der Waals surface area (Å²) in [5.74, 6) is -0.103. The van der Waals surface area contributed by atoms with Crippen molar-refractivity contribution in [3.8, 4) is 0 Å². The molecule has 4 nitrogen and oxygen atoms in total. The maximum absolute atomic E-state index is 11.8. The molecule has 1 fully saturated rings. The van der Waals surface area contributed by atoms with E-state index < -0.39 is 0 Å². The average molecular weight is 278 g/mol. The monoisotopic (exact) mass is 278 g/mol. The molecule has 1 atom stereocenters. The zero-order valence-corrected chi connectivity index (χ0v) is 12.1. The number of benzene rings is 1. The Morgan fingerprint density at radius 1 is 1.30 bits per heavy atom. The summed E-state index contributed by atoms with van der Waals surface area (Å²) in [5, 5.41) is 0. The Hall–Kier alpha value is -1.39.